The van der Waals surface area contributed by atoms with Crippen molar-refractivity contribution in [2.24, 2.45) is 5.92 Å². The van der Waals surface area contributed by atoms with Crippen molar-refractivity contribution >= 4 is 6.21 Å². The van der Waals surface area contributed by atoms with Gasteiger partial charge in [-0.05, 0) is 13.3 Å². The molecule has 1 N–H and O–H groups in total. The second-order valence-corrected chi connectivity index (χ2v) is 2.70. The Labute approximate surface area is 85.9 Å². The maximum absolute atomic E-state index is 9.05. The van der Waals surface area contributed by atoms with E-state index in [0.29, 0.717) is 0 Å². The zero-order valence-electron chi connectivity index (χ0n) is 7.13. The van der Waals surface area contributed by atoms with Gasteiger partial charge in [0, 0.05) is 0 Å². The Bertz CT molecular complexity index is 96.1. The fourth-order valence-electron chi connectivity index (χ4n) is 0.880. The average Bonchev–Trinajstić information content (AvgIpc) is 1.89. The summed E-state index contributed by atoms with van der Waals surface area (Å²) in [5.41, 5.74) is 0. The highest BCUT2D eigenvalue weighted by atomic mass is 127. The number of aliphatic hydroxyl groups excluding tert-OH is 1. The topological polar surface area (TPSA) is 42.5 Å². The summed E-state index contributed by atoms with van der Waals surface area (Å²) in [6.07, 6.45) is 3.73. The minimum absolute atomic E-state index is 0. The van der Waals surface area contributed by atoms with Crippen LogP contribution in [0.3, 0.4) is 0 Å². The Morgan fingerprint density at radius 1 is 1.55 bits per heavy atom. The number of aliphatic hydroxyl groups is 1. The molecule has 0 spiro atoms. The van der Waals surface area contributed by atoms with Gasteiger partial charge in [0.2, 0.25) is 0 Å². The largest absolute Gasteiger partial charge is 1.00 e. The van der Waals surface area contributed by atoms with E-state index in [-0.39, 0.29) is 29.9 Å². The molecule has 2 nitrogen and oxygen atoms in total. The molecule has 2 unspecified atom stereocenters. The Morgan fingerprint density at radius 3 is 2.36 bits per heavy atom. The molecule has 0 fully saturated rings. The van der Waals surface area contributed by atoms with E-state index >= 15 is 0 Å². The third-order valence-electron chi connectivity index (χ3n) is 1.70. The Balaban J connectivity index is 0. The van der Waals surface area contributed by atoms with Crippen LogP contribution in [0.2, 0.25) is 0 Å². The number of unbranched alkanes of at least 4 members (excludes halogenated alkanes) is 1. The van der Waals surface area contributed by atoms with Crippen molar-refractivity contribution in [1.82, 2.24) is 5.41 Å². The summed E-state index contributed by atoms with van der Waals surface area (Å²) in [5.74, 6) is -0.0417. The van der Waals surface area contributed by atoms with E-state index in [1.807, 2.05) is 0 Å². The van der Waals surface area contributed by atoms with E-state index in [4.69, 9.17) is 10.5 Å². The zero-order valence-corrected chi connectivity index (χ0v) is 9.28. The lowest BCUT2D eigenvalue weighted by Gasteiger charge is -2.08. The minimum Gasteiger partial charge on any atom is -1.00 e. The first-order valence-corrected chi connectivity index (χ1v) is 3.88. The summed E-state index contributed by atoms with van der Waals surface area (Å²) in [6, 6.07) is 0. The van der Waals surface area contributed by atoms with Gasteiger partial charge in [-0.3, -0.25) is 0 Å². The first kappa shape index (κ1) is 13.9. The van der Waals surface area contributed by atoms with Crippen LogP contribution in [0.5, 0.6) is 0 Å². The quantitative estimate of drug-likeness (QED) is 0.457. The van der Waals surface area contributed by atoms with Crippen LogP contribution in [0.1, 0.15) is 33.1 Å². The van der Waals surface area contributed by atoms with Crippen molar-refractivity contribution < 1.29 is 29.1 Å². The Kier molecular flexibility index (Phi) is 10.7. The normalized spacial score (nSPS) is 14.8. The van der Waals surface area contributed by atoms with Crippen LogP contribution < -0.4 is 29.4 Å². The first-order chi connectivity index (χ1) is 4.72. The highest BCUT2D eigenvalue weighted by Crippen LogP contribution is 2.09. The molecule has 2 radical (unpaired) electrons. The third kappa shape index (κ3) is 6.75. The lowest BCUT2D eigenvalue weighted by Crippen LogP contribution is -3.00. The van der Waals surface area contributed by atoms with E-state index in [0.717, 1.165) is 25.5 Å². The first-order valence-electron chi connectivity index (χ1n) is 3.88. The fraction of sp³-hybridized carbons (Fsp3) is 0.875. The molecule has 0 aliphatic rings. The monoisotopic (exact) mass is 269 g/mol. The number of halogens is 1. The molecule has 0 aromatic heterocycles. The summed E-state index contributed by atoms with van der Waals surface area (Å²) in [5, 5.41) is 17.7. The number of nitrogens with zero attached hydrogens (tertiary/aromatic N) is 1. The van der Waals surface area contributed by atoms with Crippen molar-refractivity contribution in [2.75, 3.05) is 0 Å². The molecule has 2 atom stereocenters. The van der Waals surface area contributed by atoms with Crippen molar-refractivity contribution in [2.45, 2.75) is 39.2 Å². The predicted molar refractivity (Wildman–Crippen MR) is 42.9 cm³/mol. The van der Waals surface area contributed by atoms with Gasteiger partial charge < -0.3 is 29.1 Å². The Hall–Kier alpha value is 0.360. The molecule has 11 heavy (non-hydrogen) atoms. The summed E-state index contributed by atoms with van der Waals surface area (Å²) >= 11 is 0. The molecular weight excluding hydrogens is 253 g/mol. The summed E-state index contributed by atoms with van der Waals surface area (Å²) in [7, 11) is 0. The van der Waals surface area contributed by atoms with E-state index in [9.17, 15) is 0 Å². The molecule has 0 saturated heterocycles. The van der Waals surface area contributed by atoms with Crippen molar-refractivity contribution in [3.05, 3.63) is 0 Å². The van der Waals surface area contributed by atoms with Crippen LogP contribution in [0.15, 0.2) is 0 Å². The van der Waals surface area contributed by atoms with Crippen LogP contribution in [-0.4, -0.2) is 17.4 Å². The Morgan fingerprint density at radius 2 is 2.09 bits per heavy atom. The van der Waals surface area contributed by atoms with E-state index in [2.05, 4.69) is 6.92 Å². The van der Waals surface area contributed by atoms with Gasteiger partial charge in [-0.1, -0.05) is 19.8 Å². The van der Waals surface area contributed by atoms with Gasteiger partial charge >= 0.3 is 11.6 Å². The molecule has 0 bridgehead atoms. The second kappa shape index (κ2) is 8.46. The van der Waals surface area contributed by atoms with E-state index < -0.39 is 6.10 Å². The van der Waals surface area contributed by atoms with Crippen molar-refractivity contribution in [1.29, 1.82) is 0 Å². The van der Waals surface area contributed by atoms with E-state index in [1.54, 1.807) is 6.92 Å². The van der Waals surface area contributed by atoms with Crippen LogP contribution in [0, 0.1) is 5.92 Å². The minimum atomic E-state index is -0.420. The molecule has 0 amide bonds. The maximum atomic E-state index is 9.05. The van der Waals surface area contributed by atoms with Gasteiger partial charge in [0.25, 0.3) is 0 Å². The SMILES string of the molecule is CCCCC(C=[N+])C(C)O.[I-]. The van der Waals surface area contributed by atoms with Crippen LogP contribution in [0.25, 0.3) is 0 Å². The summed E-state index contributed by atoms with van der Waals surface area (Å²) in [6.45, 7) is 3.80. The molecule has 0 saturated carbocycles. The van der Waals surface area contributed by atoms with Gasteiger partial charge in [0.05, 0.1) is 12.0 Å². The molecule has 3 heteroatoms. The summed E-state index contributed by atoms with van der Waals surface area (Å²) in [4.78, 5) is 0. The van der Waals surface area contributed by atoms with Gasteiger partial charge in [0.15, 0.2) is 0 Å². The molecule has 0 aromatic rings. The lowest BCUT2D eigenvalue weighted by atomic mass is 9.99. The predicted octanol–water partition coefficient (Wildman–Crippen LogP) is -1.95. The van der Waals surface area contributed by atoms with Gasteiger partial charge in [-0.25, -0.2) is 0 Å². The van der Waals surface area contributed by atoms with Crippen molar-refractivity contribution in [3.8, 4) is 0 Å². The lowest BCUT2D eigenvalue weighted by molar-refractivity contribution is -0.00000494. The van der Waals surface area contributed by atoms with Gasteiger partial charge in [0.1, 0.15) is 0 Å². The standard InChI is InChI=1S/C8H16NO.HI/c1-3-4-5-8(6-9)7(2)10;/h6-8,10H,3-5H2,1-2H3;1H/q+1;/p-1. The maximum Gasteiger partial charge on any atom is 0.414 e. The van der Waals surface area contributed by atoms with Crippen molar-refractivity contribution in [3.63, 3.8) is 0 Å². The number of hydrogen-bond donors (Lipinski definition) is 1. The molecular formula is C8H16INO. The van der Waals surface area contributed by atoms with Gasteiger partial charge in [-0.15, -0.1) is 0 Å². The smallest absolute Gasteiger partial charge is 0.414 e. The average molecular weight is 269 g/mol. The van der Waals surface area contributed by atoms with Crippen LogP contribution >= 0.6 is 0 Å². The van der Waals surface area contributed by atoms with Crippen LogP contribution in [-0.2, 0) is 0 Å². The molecule has 0 aliphatic heterocycles. The fourth-order valence-corrected chi connectivity index (χ4v) is 0.880. The molecule has 0 heterocycles. The number of rotatable bonds is 5. The molecule has 0 rings (SSSR count). The molecule has 0 aromatic carbocycles. The molecule has 0 aliphatic carbocycles. The zero-order chi connectivity index (χ0) is 7.98. The third-order valence-corrected chi connectivity index (χ3v) is 1.70. The van der Waals surface area contributed by atoms with Gasteiger partial charge in [-0.2, -0.15) is 0 Å². The second-order valence-electron chi connectivity index (χ2n) is 2.70. The number of hydrogen-bond acceptors (Lipinski definition) is 1. The molecule has 66 valence electrons. The highest BCUT2D eigenvalue weighted by Gasteiger charge is 2.16. The highest BCUT2D eigenvalue weighted by molar-refractivity contribution is 5.58. The van der Waals surface area contributed by atoms with E-state index in [1.165, 1.54) is 0 Å². The summed E-state index contributed by atoms with van der Waals surface area (Å²) < 4.78 is 0. The van der Waals surface area contributed by atoms with Crippen LogP contribution in [0.4, 0.5) is 0 Å².